The fourth-order valence-electron chi connectivity index (χ4n) is 1.41. The molecule has 0 saturated heterocycles. The van der Waals surface area contributed by atoms with E-state index in [0.717, 1.165) is 16.4 Å². The molecule has 2 aromatic rings. The number of nitrogens with zero attached hydrogens (tertiary/aromatic N) is 3. The van der Waals surface area contributed by atoms with Crippen LogP contribution in [0.4, 0.5) is 0 Å². The van der Waals surface area contributed by atoms with Crippen LogP contribution in [0, 0.1) is 10.9 Å². The number of H-pyrrole nitrogens is 1. The second-order valence-corrected chi connectivity index (χ2v) is 5.29. The van der Waals surface area contributed by atoms with Gasteiger partial charge >= 0.3 is 0 Å². The summed E-state index contributed by atoms with van der Waals surface area (Å²) in [6, 6.07) is 2.35. The summed E-state index contributed by atoms with van der Waals surface area (Å²) in [5.74, 6) is 0. The van der Waals surface area contributed by atoms with Gasteiger partial charge in [-0.2, -0.15) is 10.2 Å². The molecule has 2 rings (SSSR count). The number of hydrogen-bond acceptors (Lipinski definition) is 4. The Hall–Kier alpha value is -1.01. The van der Waals surface area contributed by atoms with Gasteiger partial charge in [-0.3, -0.25) is 9.78 Å². The van der Waals surface area contributed by atoms with E-state index in [1.165, 1.54) is 11.3 Å². The van der Waals surface area contributed by atoms with Crippen molar-refractivity contribution < 1.29 is 0 Å². The fourth-order valence-corrected chi connectivity index (χ4v) is 2.31. The highest BCUT2D eigenvalue weighted by molar-refractivity contribution is 7.73. The summed E-state index contributed by atoms with van der Waals surface area (Å²) < 4.78 is 2.66. The van der Waals surface area contributed by atoms with E-state index >= 15 is 0 Å². The van der Waals surface area contributed by atoms with Crippen molar-refractivity contribution in [2.75, 3.05) is 0 Å². The van der Waals surface area contributed by atoms with Gasteiger partial charge in [-0.25, -0.2) is 0 Å². The number of aromatic nitrogens is 4. The zero-order valence-corrected chi connectivity index (χ0v) is 10.4. The van der Waals surface area contributed by atoms with Crippen molar-refractivity contribution in [3.8, 4) is 10.7 Å². The van der Waals surface area contributed by atoms with Gasteiger partial charge in [-0.05, 0) is 39.1 Å². The van der Waals surface area contributed by atoms with E-state index in [4.69, 9.17) is 12.2 Å². The SMILES string of the molecule is Cc1cc(-c2n[nH]c(=S)s2)n(C(C)C)n1. The Morgan fingerprint density at radius 1 is 1.53 bits per heavy atom. The molecule has 0 saturated carbocycles. The van der Waals surface area contributed by atoms with E-state index in [2.05, 4.69) is 29.1 Å². The van der Waals surface area contributed by atoms with Crippen LogP contribution in [-0.4, -0.2) is 20.0 Å². The second kappa shape index (κ2) is 3.86. The molecule has 0 aliphatic carbocycles. The molecule has 0 spiro atoms. The maximum absolute atomic E-state index is 5.02. The largest absolute Gasteiger partial charge is 0.260 e. The minimum atomic E-state index is 0.325. The Morgan fingerprint density at radius 3 is 2.80 bits per heavy atom. The number of hydrogen-bond donors (Lipinski definition) is 1. The van der Waals surface area contributed by atoms with E-state index in [9.17, 15) is 0 Å². The summed E-state index contributed by atoms with van der Waals surface area (Å²) in [6.45, 7) is 6.18. The first-order chi connectivity index (χ1) is 7.08. The number of aromatic amines is 1. The van der Waals surface area contributed by atoms with Crippen molar-refractivity contribution >= 4 is 23.6 Å². The fraction of sp³-hybridized carbons (Fsp3) is 0.444. The topological polar surface area (TPSA) is 46.5 Å². The minimum Gasteiger partial charge on any atom is -0.260 e. The van der Waals surface area contributed by atoms with Gasteiger partial charge in [0, 0.05) is 6.04 Å². The smallest absolute Gasteiger partial charge is 0.176 e. The molecule has 0 aromatic carbocycles. The summed E-state index contributed by atoms with van der Waals surface area (Å²) in [6.07, 6.45) is 0. The lowest BCUT2D eigenvalue weighted by Crippen LogP contribution is -2.04. The maximum Gasteiger partial charge on any atom is 0.176 e. The van der Waals surface area contributed by atoms with Crippen molar-refractivity contribution in [2.45, 2.75) is 26.8 Å². The van der Waals surface area contributed by atoms with Crippen LogP contribution in [0.15, 0.2) is 6.07 Å². The molecule has 80 valence electrons. The normalized spacial score (nSPS) is 11.2. The van der Waals surface area contributed by atoms with Gasteiger partial charge in [0.2, 0.25) is 0 Å². The van der Waals surface area contributed by atoms with Crippen LogP contribution < -0.4 is 0 Å². The third kappa shape index (κ3) is 2.00. The van der Waals surface area contributed by atoms with Gasteiger partial charge in [-0.15, -0.1) is 0 Å². The van der Waals surface area contributed by atoms with E-state index < -0.39 is 0 Å². The Bertz CT molecular complexity index is 520. The van der Waals surface area contributed by atoms with Gasteiger partial charge < -0.3 is 0 Å². The standard InChI is InChI=1S/C9H12N4S2/c1-5(2)13-7(4-6(3)12-13)8-10-11-9(14)15-8/h4-5H,1-3H3,(H,11,14). The van der Waals surface area contributed by atoms with Crippen molar-refractivity contribution in [3.63, 3.8) is 0 Å². The van der Waals surface area contributed by atoms with Crippen LogP contribution in [0.3, 0.4) is 0 Å². The molecule has 0 aliphatic rings. The Labute approximate surface area is 97.0 Å². The average Bonchev–Trinajstić information content (AvgIpc) is 2.71. The van der Waals surface area contributed by atoms with Crippen LogP contribution in [0.25, 0.3) is 10.7 Å². The lowest BCUT2D eigenvalue weighted by atomic mass is 10.3. The summed E-state index contributed by atoms with van der Waals surface area (Å²) in [5.41, 5.74) is 2.03. The van der Waals surface area contributed by atoms with E-state index in [1.54, 1.807) is 0 Å². The zero-order valence-electron chi connectivity index (χ0n) is 8.81. The quantitative estimate of drug-likeness (QED) is 0.821. The molecular weight excluding hydrogens is 228 g/mol. The lowest BCUT2D eigenvalue weighted by molar-refractivity contribution is 0.534. The summed E-state index contributed by atoms with van der Waals surface area (Å²) >= 11 is 6.49. The van der Waals surface area contributed by atoms with Gasteiger partial charge in [0.15, 0.2) is 8.96 Å². The van der Waals surface area contributed by atoms with E-state index in [-0.39, 0.29) is 0 Å². The molecule has 15 heavy (non-hydrogen) atoms. The summed E-state index contributed by atoms with van der Waals surface area (Å²) in [5, 5.41) is 12.3. The van der Waals surface area contributed by atoms with Crippen LogP contribution in [-0.2, 0) is 0 Å². The number of nitrogens with one attached hydrogen (secondary N) is 1. The molecule has 0 atom stereocenters. The van der Waals surface area contributed by atoms with Gasteiger partial charge in [-0.1, -0.05) is 11.3 Å². The monoisotopic (exact) mass is 240 g/mol. The highest BCUT2D eigenvalue weighted by Crippen LogP contribution is 2.25. The third-order valence-corrected chi connectivity index (χ3v) is 3.12. The number of rotatable bonds is 2. The first kappa shape index (κ1) is 10.5. The molecule has 6 heteroatoms. The third-order valence-electron chi connectivity index (χ3n) is 2.00. The highest BCUT2D eigenvalue weighted by Gasteiger charge is 2.12. The summed E-state index contributed by atoms with van der Waals surface area (Å²) in [7, 11) is 0. The maximum atomic E-state index is 5.02. The van der Waals surface area contributed by atoms with Crippen LogP contribution >= 0.6 is 23.6 Å². The predicted molar refractivity (Wildman–Crippen MR) is 63.6 cm³/mol. The molecule has 4 nitrogen and oxygen atoms in total. The van der Waals surface area contributed by atoms with Crippen molar-refractivity contribution in [2.24, 2.45) is 0 Å². The average molecular weight is 240 g/mol. The van der Waals surface area contributed by atoms with E-state index in [1.807, 2.05) is 17.7 Å². The van der Waals surface area contributed by atoms with Crippen LogP contribution in [0.5, 0.6) is 0 Å². The second-order valence-electron chi connectivity index (χ2n) is 3.63. The molecular formula is C9H12N4S2. The minimum absolute atomic E-state index is 0.325. The molecule has 0 amide bonds. The van der Waals surface area contributed by atoms with Gasteiger partial charge in [0.25, 0.3) is 0 Å². The molecule has 0 aliphatic heterocycles. The Balaban J connectivity index is 2.56. The molecule has 0 radical (unpaired) electrons. The Morgan fingerprint density at radius 2 is 2.27 bits per heavy atom. The van der Waals surface area contributed by atoms with Crippen LogP contribution in [0.1, 0.15) is 25.6 Å². The molecule has 2 heterocycles. The lowest BCUT2D eigenvalue weighted by Gasteiger charge is -2.08. The van der Waals surface area contributed by atoms with Crippen molar-refractivity contribution in [1.29, 1.82) is 0 Å². The predicted octanol–water partition coefficient (Wildman–Crippen LogP) is 2.95. The van der Waals surface area contributed by atoms with Gasteiger partial charge in [0.05, 0.1) is 11.4 Å². The first-order valence-corrected chi connectivity index (χ1v) is 5.92. The first-order valence-electron chi connectivity index (χ1n) is 4.70. The van der Waals surface area contributed by atoms with Crippen molar-refractivity contribution in [3.05, 3.63) is 15.7 Å². The number of aryl methyl sites for hydroxylation is 1. The van der Waals surface area contributed by atoms with E-state index in [0.29, 0.717) is 10.00 Å². The van der Waals surface area contributed by atoms with Crippen LogP contribution in [0.2, 0.25) is 0 Å². The van der Waals surface area contributed by atoms with Crippen molar-refractivity contribution in [1.82, 2.24) is 20.0 Å². The molecule has 0 unspecified atom stereocenters. The van der Waals surface area contributed by atoms with Gasteiger partial charge in [0.1, 0.15) is 0 Å². The summed E-state index contributed by atoms with van der Waals surface area (Å²) in [4.78, 5) is 0. The molecule has 2 aromatic heterocycles. The Kier molecular flexibility index (Phi) is 2.70. The molecule has 0 bridgehead atoms. The highest BCUT2D eigenvalue weighted by atomic mass is 32.1. The zero-order chi connectivity index (χ0) is 11.0. The molecule has 1 N–H and O–H groups in total. The molecule has 0 fully saturated rings.